The molecule has 0 radical (unpaired) electrons. The molecule has 0 bridgehead atoms. The minimum atomic E-state index is 0.175. The van der Waals surface area contributed by atoms with E-state index in [4.69, 9.17) is 17.3 Å². The standard InChI is InChI=1S/C10H13ClN6/c11-8-6-9(16-10(12)15-8)13-4-1-2-7-3-5-14-17-7/h3,5-6H,1-2,4H2,(H,14,17)(H3,12,13,15,16). The first-order chi connectivity index (χ1) is 8.24. The van der Waals surface area contributed by atoms with Crippen LogP contribution in [0.15, 0.2) is 18.3 Å². The number of anilines is 2. The molecular formula is C10H13ClN6. The first-order valence-electron chi connectivity index (χ1n) is 5.26. The molecular weight excluding hydrogens is 240 g/mol. The quantitative estimate of drug-likeness (QED) is 0.554. The Morgan fingerprint density at radius 2 is 2.29 bits per heavy atom. The van der Waals surface area contributed by atoms with Crippen LogP contribution in [0.4, 0.5) is 11.8 Å². The molecule has 0 fully saturated rings. The van der Waals surface area contributed by atoms with Crippen molar-refractivity contribution in [2.75, 3.05) is 17.6 Å². The molecule has 0 unspecified atom stereocenters. The first kappa shape index (κ1) is 11.7. The van der Waals surface area contributed by atoms with E-state index >= 15 is 0 Å². The fourth-order valence-corrected chi connectivity index (χ4v) is 1.63. The van der Waals surface area contributed by atoms with Crippen LogP contribution >= 0.6 is 11.6 Å². The van der Waals surface area contributed by atoms with Gasteiger partial charge in [-0.15, -0.1) is 0 Å². The summed E-state index contributed by atoms with van der Waals surface area (Å²) in [5, 5.41) is 10.3. The largest absolute Gasteiger partial charge is 0.370 e. The van der Waals surface area contributed by atoms with E-state index in [1.54, 1.807) is 12.3 Å². The lowest BCUT2D eigenvalue weighted by Crippen LogP contribution is -2.06. The van der Waals surface area contributed by atoms with Crippen molar-refractivity contribution >= 4 is 23.4 Å². The topological polar surface area (TPSA) is 92.5 Å². The zero-order chi connectivity index (χ0) is 12.1. The highest BCUT2D eigenvalue weighted by Crippen LogP contribution is 2.12. The Morgan fingerprint density at radius 3 is 3.00 bits per heavy atom. The van der Waals surface area contributed by atoms with Gasteiger partial charge < -0.3 is 11.1 Å². The molecule has 4 N–H and O–H groups in total. The van der Waals surface area contributed by atoms with Crippen LogP contribution in [0.5, 0.6) is 0 Å². The fraction of sp³-hybridized carbons (Fsp3) is 0.300. The van der Waals surface area contributed by atoms with Crippen molar-refractivity contribution in [1.82, 2.24) is 20.2 Å². The molecule has 2 rings (SSSR count). The number of hydrogen-bond acceptors (Lipinski definition) is 5. The van der Waals surface area contributed by atoms with Crippen LogP contribution in [0.3, 0.4) is 0 Å². The lowest BCUT2D eigenvalue weighted by atomic mass is 10.2. The summed E-state index contributed by atoms with van der Waals surface area (Å²) in [7, 11) is 0. The minimum absolute atomic E-state index is 0.175. The number of nitrogen functional groups attached to an aromatic ring is 1. The Kier molecular flexibility index (Phi) is 3.77. The van der Waals surface area contributed by atoms with Gasteiger partial charge in [0.15, 0.2) is 0 Å². The van der Waals surface area contributed by atoms with E-state index < -0.39 is 0 Å². The van der Waals surface area contributed by atoms with Crippen LogP contribution in [0, 0.1) is 0 Å². The maximum atomic E-state index is 5.76. The van der Waals surface area contributed by atoms with Crippen LogP contribution in [0.25, 0.3) is 0 Å². The van der Waals surface area contributed by atoms with Gasteiger partial charge in [-0.3, -0.25) is 5.10 Å². The molecule has 2 aromatic heterocycles. The number of halogens is 1. The van der Waals surface area contributed by atoms with Crippen molar-refractivity contribution in [2.45, 2.75) is 12.8 Å². The normalized spacial score (nSPS) is 10.4. The highest BCUT2D eigenvalue weighted by Gasteiger charge is 2.00. The maximum Gasteiger partial charge on any atom is 0.223 e. The molecule has 90 valence electrons. The maximum absolute atomic E-state index is 5.76. The lowest BCUT2D eigenvalue weighted by Gasteiger charge is -2.05. The third-order valence-electron chi connectivity index (χ3n) is 2.20. The molecule has 7 heteroatoms. The SMILES string of the molecule is Nc1nc(Cl)cc(NCCCc2ccn[nH]2)n1. The van der Waals surface area contributed by atoms with Crippen LogP contribution in [0.1, 0.15) is 12.1 Å². The van der Waals surface area contributed by atoms with Gasteiger partial charge in [0, 0.05) is 24.5 Å². The van der Waals surface area contributed by atoms with E-state index in [0.717, 1.165) is 25.1 Å². The summed E-state index contributed by atoms with van der Waals surface area (Å²) in [5.74, 6) is 0.820. The highest BCUT2D eigenvalue weighted by atomic mass is 35.5. The second kappa shape index (κ2) is 5.49. The molecule has 6 nitrogen and oxygen atoms in total. The number of aromatic nitrogens is 4. The summed E-state index contributed by atoms with van der Waals surface area (Å²) in [6.45, 7) is 0.784. The Morgan fingerprint density at radius 1 is 1.41 bits per heavy atom. The van der Waals surface area contributed by atoms with E-state index in [-0.39, 0.29) is 5.95 Å². The predicted molar refractivity (Wildman–Crippen MR) is 66.9 cm³/mol. The summed E-state index contributed by atoms with van der Waals surface area (Å²) >= 11 is 5.76. The molecule has 0 aliphatic rings. The smallest absolute Gasteiger partial charge is 0.223 e. The molecule has 17 heavy (non-hydrogen) atoms. The van der Waals surface area contributed by atoms with Crippen LogP contribution in [0.2, 0.25) is 5.15 Å². The zero-order valence-corrected chi connectivity index (χ0v) is 9.91. The Labute approximate surface area is 104 Å². The monoisotopic (exact) mass is 252 g/mol. The number of nitrogens with two attached hydrogens (primary N) is 1. The van der Waals surface area contributed by atoms with E-state index in [1.807, 2.05) is 6.07 Å². The first-order valence-corrected chi connectivity index (χ1v) is 5.64. The van der Waals surface area contributed by atoms with Crippen molar-refractivity contribution < 1.29 is 0 Å². The summed E-state index contributed by atoms with van der Waals surface area (Å²) in [6, 6.07) is 3.60. The Hall–Kier alpha value is -1.82. The number of nitrogens with zero attached hydrogens (tertiary/aromatic N) is 3. The van der Waals surface area contributed by atoms with E-state index in [2.05, 4.69) is 25.5 Å². The molecule has 0 amide bonds. The summed E-state index contributed by atoms with van der Waals surface area (Å²) in [4.78, 5) is 7.80. The Balaban J connectivity index is 1.78. The second-order valence-electron chi connectivity index (χ2n) is 3.55. The van der Waals surface area contributed by atoms with Gasteiger partial charge in [0.25, 0.3) is 0 Å². The van der Waals surface area contributed by atoms with E-state index in [1.165, 1.54) is 0 Å². The van der Waals surface area contributed by atoms with Gasteiger partial charge in [-0.05, 0) is 18.9 Å². The zero-order valence-electron chi connectivity index (χ0n) is 9.15. The molecule has 0 saturated carbocycles. The summed E-state index contributed by atoms with van der Waals surface area (Å²) in [5.41, 5.74) is 6.60. The molecule has 0 aliphatic heterocycles. The van der Waals surface area contributed by atoms with E-state index in [0.29, 0.717) is 11.0 Å². The van der Waals surface area contributed by atoms with Crippen molar-refractivity contribution in [3.8, 4) is 0 Å². The van der Waals surface area contributed by atoms with E-state index in [9.17, 15) is 0 Å². The Bertz CT molecular complexity index is 449. The third-order valence-corrected chi connectivity index (χ3v) is 2.39. The van der Waals surface area contributed by atoms with Crippen LogP contribution in [-0.4, -0.2) is 26.7 Å². The molecule has 0 aliphatic carbocycles. The number of aromatic amines is 1. The third kappa shape index (κ3) is 3.60. The predicted octanol–water partition coefficient (Wildman–Crippen LogP) is 1.48. The number of rotatable bonds is 5. The van der Waals surface area contributed by atoms with Gasteiger partial charge in [0.1, 0.15) is 11.0 Å². The number of nitrogens with one attached hydrogen (secondary N) is 2. The van der Waals surface area contributed by atoms with Gasteiger partial charge >= 0.3 is 0 Å². The second-order valence-corrected chi connectivity index (χ2v) is 3.93. The molecule has 2 aromatic rings. The average Bonchev–Trinajstić information content (AvgIpc) is 2.76. The summed E-state index contributed by atoms with van der Waals surface area (Å²) in [6.07, 6.45) is 3.64. The molecule has 0 saturated heterocycles. The van der Waals surface area contributed by atoms with Crippen molar-refractivity contribution in [3.05, 3.63) is 29.2 Å². The molecule has 0 spiro atoms. The number of aryl methyl sites for hydroxylation is 1. The molecule has 0 atom stereocenters. The lowest BCUT2D eigenvalue weighted by molar-refractivity contribution is 0.824. The fourth-order valence-electron chi connectivity index (χ4n) is 1.44. The minimum Gasteiger partial charge on any atom is -0.370 e. The van der Waals surface area contributed by atoms with Gasteiger partial charge in [-0.2, -0.15) is 10.1 Å². The highest BCUT2D eigenvalue weighted by molar-refractivity contribution is 6.29. The van der Waals surface area contributed by atoms with Crippen LogP contribution in [-0.2, 0) is 6.42 Å². The van der Waals surface area contributed by atoms with Gasteiger partial charge in [0.05, 0.1) is 0 Å². The molecule has 0 aromatic carbocycles. The van der Waals surface area contributed by atoms with Crippen LogP contribution < -0.4 is 11.1 Å². The number of hydrogen-bond donors (Lipinski definition) is 3. The van der Waals surface area contributed by atoms with Crippen molar-refractivity contribution in [2.24, 2.45) is 0 Å². The van der Waals surface area contributed by atoms with Gasteiger partial charge in [-0.1, -0.05) is 11.6 Å². The van der Waals surface area contributed by atoms with Gasteiger partial charge in [0.2, 0.25) is 5.95 Å². The summed E-state index contributed by atoms with van der Waals surface area (Å²) < 4.78 is 0. The average molecular weight is 253 g/mol. The number of H-pyrrole nitrogens is 1. The molecule has 2 heterocycles. The van der Waals surface area contributed by atoms with Gasteiger partial charge in [-0.25, -0.2) is 4.98 Å². The van der Waals surface area contributed by atoms with Crippen molar-refractivity contribution in [1.29, 1.82) is 0 Å². The van der Waals surface area contributed by atoms with Crippen molar-refractivity contribution in [3.63, 3.8) is 0 Å².